The highest BCUT2D eigenvalue weighted by atomic mass is 16.5. The molecule has 27 heavy (non-hydrogen) atoms. The number of ether oxygens (including phenoxy) is 1. The van der Waals surface area contributed by atoms with Crippen LogP contribution in [0.1, 0.15) is 34.7 Å². The third kappa shape index (κ3) is 5.45. The summed E-state index contributed by atoms with van der Waals surface area (Å²) in [4.78, 5) is 0. The predicted molar refractivity (Wildman–Crippen MR) is 113 cm³/mol. The highest BCUT2D eigenvalue weighted by molar-refractivity contribution is 5.73. The Kier molecular flexibility index (Phi) is 6.22. The molecule has 0 aliphatic carbocycles. The summed E-state index contributed by atoms with van der Waals surface area (Å²) in [6.45, 7) is 2.66. The summed E-state index contributed by atoms with van der Waals surface area (Å²) >= 11 is 0. The first-order valence-corrected chi connectivity index (χ1v) is 8.96. The van der Waals surface area contributed by atoms with E-state index in [2.05, 4.69) is 60.7 Å². The molecule has 0 bridgehead atoms. The largest absolute Gasteiger partial charge is 0.494 e. The molecular formula is C25H21NO. The van der Waals surface area contributed by atoms with E-state index in [0.29, 0.717) is 12.2 Å². The van der Waals surface area contributed by atoms with E-state index in [0.717, 1.165) is 28.0 Å². The molecule has 132 valence electrons. The van der Waals surface area contributed by atoms with Gasteiger partial charge in [-0.2, -0.15) is 5.26 Å². The predicted octanol–water partition coefficient (Wildman–Crippen LogP) is 6.30. The SMILES string of the molecule is CCOc1ccc(/C=C/c2ccc(/C=C/c3ccc(C#N)cc3)cc2)cc1. The fourth-order valence-corrected chi connectivity index (χ4v) is 2.61. The molecule has 3 aromatic carbocycles. The Morgan fingerprint density at radius 3 is 1.41 bits per heavy atom. The molecule has 2 heteroatoms. The van der Waals surface area contributed by atoms with Crippen molar-refractivity contribution in [3.63, 3.8) is 0 Å². The topological polar surface area (TPSA) is 33.0 Å². The molecule has 0 aliphatic rings. The van der Waals surface area contributed by atoms with Crippen LogP contribution in [0.25, 0.3) is 24.3 Å². The first-order valence-electron chi connectivity index (χ1n) is 8.96. The van der Waals surface area contributed by atoms with Crippen LogP contribution in [0, 0.1) is 11.3 Å². The summed E-state index contributed by atoms with van der Waals surface area (Å²) < 4.78 is 5.46. The number of benzene rings is 3. The molecular weight excluding hydrogens is 330 g/mol. The number of nitrogens with zero attached hydrogens (tertiary/aromatic N) is 1. The number of rotatable bonds is 6. The van der Waals surface area contributed by atoms with Crippen LogP contribution in [-0.4, -0.2) is 6.61 Å². The Balaban J connectivity index is 1.62. The Morgan fingerprint density at radius 1 is 0.667 bits per heavy atom. The Bertz CT molecular complexity index is 957. The molecule has 0 spiro atoms. The molecule has 0 heterocycles. The molecule has 2 nitrogen and oxygen atoms in total. The monoisotopic (exact) mass is 351 g/mol. The van der Waals surface area contributed by atoms with E-state index in [4.69, 9.17) is 10.00 Å². The lowest BCUT2D eigenvalue weighted by Crippen LogP contribution is -1.90. The molecule has 0 saturated carbocycles. The Labute approximate surface area is 160 Å². The summed E-state index contributed by atoms with van der Waals surface area (Å²) in [5, 5.41) is 8.83. The van der Waals surface area contributed by atoms with Crippen molar-refractivity contribution in [1.29, 1.82) is 5.26 Å². The molecule has 0 aromatic heterocycles. The molecule has 3 rings (SSSR count). The van der Waals surface area contributed by atoms with Gasteiger partial charge in [-0.1, -0.05) is 72.8 Å². The minimum Gasteiger partial charge on any atom is -0.494 e. The summed E-state index contributed by atoms with van der Waals surface area (Å²) in [5.41, 5.74) is 5.18. The van der Waals surface area contributed by atoms with Crippen molar-refractivity contribution in [1.82, 2.24) is 0 Å². The zero-order chi connectivity index (χ0) is 18.9. The average molecular weight is 351 g/mol. The standard InChI is InChI=1S/C25H21NO/c1-2-27-25-17-15-23(16-18-25)10-9-21-5-3-20(4-6-21)7-8-22-11-13-24(19-26)14-12-22/h3-18H,2H2,1H3/b8-7+,10-9+. The summed E-state index contributed by atoms with van der Waals surface area (Å²) in [6, 6.07) is 26.1. The van der Waals surface area contributed by atoms with Gasteiger partial charge in [0.15, 0.2) is 0 Å². The van der Waals surface area contributed by atoms with Crippen molar-refractivity contribution < 1.29 is 4.74 Å². The normalized spacial score (nSPS) is 11.0. The second-order valence-corrected chi connectivity index (χ2v) is 6.07. The van der Waals surface area contributed by atoms with E-state index in [9.17, 15) is 0 Å². The lowest BCUT2D eigenvalue weighted by Gasteiger charge is -2.02. The van der Waals surface area contributed by atoms with Gasteiger partial charge in [-0.3, -0.25) is 0 Å². The highest BCUT2D eigenvalue weighted by Crippen LogP contribution is 2.16. The number of nitriles is 1. The molecule has 0 aliphatic heterocycles. The van der Waals surface area contributed by atoms with Gasteiger partial charge in [0.1, 0.15) is 5.75 Å². The maximum atomic E-state index is 8.83. The molecule has 0 N–H and O–H groups in total. The molecule has 0 amide bonds. The van der Waals surface area contributed by atoms with Crippen molar-refractivity contribution in [3.8, 4) is 11.8 Å². The zero-order valence-electron chi connectivity index (χ0n) is 15.3. The molecule has 0 atom stereocenters. The van der Waals surface area contributed by atoms with Crippen LogP contribution in [0.3, 0.4) is 0 Å². The van der Waals surface area contributed by atoms with Gasteiger partial charge >= 0.3 is 0 Å². The van der Waals surface area contributed by atoms with Crippen LogP contribution >= 0.6 is 0 Å². The maximum absolute atomic E-state index is 8.83. The lowest BCUT2D eigenvalue weighted by molar-refractivity contribution is 0.340. The van der Waals surface area contributed by atoms with Crippen LogP contribution in [0.5, 0.6) is 5.75 Å². The summed E-state index contributed by atoms with van der Waals surface area (Å²) in [7, 11) is 0. The van der Waals surface area contributed by atoms with Crippen LogP contribution < -0.4 is 4.74 Å². The third-order valence-electron chi connectivity index (χ3n) is 4.10. The van der Waals surface area contributed by atoms with Crippen molar-refractivity contribution >= 4 is 24.3 Å². The van der Waals surface area contributed by atoms with Crippen LogP contribution in [0.2, 0.25) is 0 Å². The van der Waals surface area contributed by atoms with Crippen LogP contribution in [0.4, 0.5) is 0 Å². The van der Waals surface area contributed by atoms with Gasteiger partial charge in [0.05, 0.1) is 18.2 Å². The van der Waals surface area contributed by atoms with Gasteiger partial charge in [-0.05, 0) is 53.4 Å². The summed E-state index contributed by atoms with van der Waals surface area (Å²) in [6.07, 6.45) is 8.31. The van der Waals surface area contributed by atoms with Crippen molar-refractivity contribution in [2.45, 2.75) is 6.92 Å². The quantitative estimate of drug-likeness (QED) is 0.488. The fraction of sp³-hybridized carbons (Fsp3) is 0.0800. The van der Waals surface area contributed by atoms with E-state index in [1.165, 1.54) is 0 Å². The number of hydrogen-bond donors (Lipinski definition) is 0. The van der Waals surface area contributed by atoms with Gasteiger partial charge in [0, 0.05) is 0 Å². The van der Waals surface area contributed by atoms with Gasteiger partial charge < -0.3 is 4.74 Å². The van der Waals surface area contributed by atoms with Crippen LogP contribution in [-0.2, 0) is 0 Å². The average Bonchev–Trinajstić information content (AvgIpc) is 2.73. The minimum atomic E-state index is 0.677. The second-order valence-electron chi connectivity index (χ2n) is 6.07. The zero-order valence-corrected chi connectivity index (χ0v) is 15.3. The van der Waals surface area contributed by atoms with Crippen molar-refractivity contribution in [2.24, 2.45) is 0 Å². The Morgan fingerprint density at radius 2 is 1.04 bits per heavy atom. The number of hydrogen-bond acceptors (Lipinski definition) is 2. The molecule has 0 saturated heterocycles. The maximum Gasteiger partial charge on any atom is 0.119 e. The summed E-state index contributed by atoms with van der Waals surface area (Å²) in [5.74, 6) is 0.896. The first-order chi connectivity index (χ1) is 13.3. The van der Waals surface area contributed by atoms with Gasteiger partial charge in [-0.25, -0.2) is 0 Å². The smallest absolute Gasteiger partial charge is 0.119 e. The molecule has 0 fully saturated rings. The minimum absolute atomic E-state index is 0.677. The van der Waals surface area contributed by atoms with Gasteiger partial charge in [0.25, 0.3) is 0 Å². The van der Waals surface area contributed by atoms with E-state index in [1.54, 1.807) is 0 Å². The van der Waals surface area contributed by atoms with Gasteiger partial charge in [-0.15, -0.1) is 0 Å². The van der Waals surface area contributed by atoms with Crippen LogP contribution in [0.15, 0.2) is 72.8 Å². The van der Waals surface area contributed by atoms with E-state index >= 15 is 0 Å². The van der Waals surface area contributed by atoms with Gasteiger partial charge in [0.2, 0.25) is 0 Å². The highest BCUT2D eigenvalue weighted by Gasteiger charge is 1.94. The molecule has 0 radical (unpaired) electrons. The van der Waals surface area contributed by atoms with E-state index in [-0.39, 0.29) is 0 Å². The Hall–Kier alpha value is -3.57. The van der Waals surface area contributed by atoms with Crippen molar-refractivity contribution in [3.05, 3.63) is 101 Å². The second kappa shape index (κ2) is 9.22. The molecule has 0 unspecified atom stereocenters. The fourth-order valence-electron chi connectivity index (χ4n) is 2.61. The van der Waals surface area contributed by atoms with Crippen molar-refractivity contribution in [2.75, 3.05) is 6.61 Å². The van der Waals surface area contributed by atoms with E-state index < -0.39 is 0 Å². The third-order valence-corrected chi connectivity index (χ3v) is 4.10. The molecule has 3 aromatic rings. The lowest BCUT2D eigenvalue weighted by atomic mass is 10.1. The van der Waals surface area contributed by atoms with E-state index in [1.807, 2.05) is 49.4 Å². The first kappa shape index (κ1) is 18.2.